The zero-order valence-electron chi connectivity index (χ0n) is 18.3. The van der Waals surface area contributed by atoms with Gasteiger partial charge in [0.2, 0.25) is 0 Å². The number of rotatable bonds is 3. The van der Waals surface area contributed by atoms with E-state index in [-0.39, 0.29) is 17.4 Å². The van der Waals surface area contributed by atoms with E-state index in [0.717, 1.165) is 17.1 Å². The maximum atomic E-state index is 13.9. The predicted molar refractivity (Wildman–Crippen MR) is 125 cm³/mol. The van der Waals surface area contributed by atoms with Crippen LogP contribution >= 0.6 is 11.6 Å². The summed E-state index contributed by atoms with van der Waals surface area (Å²) in [7, 11) is 3.04. The van der Waals surface area contributed by atoms with Crippen molar-refractivity contribution in [1.29, 1.82) is 0 Å². The number of carbonyl (C=O) groups excluding carboxylic acids is 1. The van der Waals surface area contributed by atoms with Crippen LogP contribution in [0.15, 0.2) is 48.7 Å². The molecular weight excluding hydrogens is 447 g/mol. The molecule has 1 spiro atoms. The Hall–Kier alpha value is -3.39. The van der Waals surface area contributed by atoms with Gasteiger partial charge in [0.15, 0.2) is 0 Å². The first-order valence-electron chi connectivity index (χ1n) is 10.7. The summed E-state index contributed by atoms with van der Waals surface area (Å²) in [6, 6.07) is 11.9. The minimum absolute atomic E-state index is 0.234. The Morgan fingerprint density at radius 2 is 1.88 bits per heavy atom. The highest BCUT2D eigenvalue weighted by atomic mass is 35.5. The molecule has 172 valence electrons. The topological polar surface area (TPSA) is 67.8 Å². The number of benzene rings is 2. The quantitative estimate of drug-likeness (QED) is 0.549. The smallest absolute Gasteiger partial charge is 0.321 e. The molecule has 0 bridgehead atoms. The van der Waals surface area contributed by atoms with Crippen LogP contribution in [0, 0.1) is 5.82 Å². The summed E-state index contributed by atoms with van der Waals surface area (Å²) >= 11 is 6.23. The third-order valence-corrected chi connectivity index (χ3v) is 6.75. The summed E-state index contributed by atoms with van der Waals surface area (Å²) in [4.78, 5) is 14.8. The molecule has 2 aliphatic rings. The second kappa shape index (κ2) is 8.19. The van der Waals surface area contributed by atoms with Gasteiger partial charge in [-0.25, -0.2) is 9.18 Å². The van der Waals surface area contributed by atoms with Gasteiger partial charge in [-0.2, -0.15) is 0 Å². The fourth-order valence-electron chi connectivity index (χ4n) is 4.75. The average molecular weight is 471 g/mol. The number of nitrogens with zero attached hydrogens (tertiary/aromatic N) is 2. The predicted octanol–water partition coefficient (Wildman–Crippen LogP) is 5.24. The lowest BCUT2D eigenvalue weighted by molar-refractivity contribution is 0.174. The normalized spacial score (nSPS) is 15.9. The van der Waals surface area contributed by atoms with Crippen LogP contribution < -0.4 is 20.1 Å². The molecule has 3 aromatic rings. The van der Waals surface area contributed by atoms with Crippen LogP contribution in [0.25, 0.3) is 5.69 Å². The number of nitrogens with one attached hydrogen (secondary N) is 2. The van der Waals surface area contributed by atoms with Crippen molar-refractivity contribution in [3.63, 3.8) is 0 Å². The van der Waals surface area contributed by atoms with E-state index in [1.54, 1.807) is 23.1 Å². The van der Waals surface area contributed by atoms with Crippen molar-refractivity contribution in [3.8, 4) is 17.2 Å². The molecule has 1 fully saturated rings. The molecule has 3 heterocycles. The molecule has 1 aromatic heterocycles. The van der Waals surface area contributed by atoms with Gasteiger partial charge in [-0.15, -0.1) is 0 Å². The number of halogens is 2. The van der Waals surface area contributed by atoms with Gasteiger partial charge in [-0.05, 0) is 49.2 Å². The fraction of sp³-hybridized carbons (Fsp3) is 0.292. The number of methoxy groups -OCH3 is 2. The third-order valence-electron chi connectivity index (χ3n) is 6.45. The Morgan fingerprint density at radius 1 is 1.12 bits per heavy atom. The molecule has 0 radical (unpaired) electrons. The number of amides is 2. The molecule has 33 heavy (non-hydrogen) atoms. The standard InChI is InChI=1S/C24H24ClFN4O3/c1-32-20-14-21(33-2)18(13-16(20)25)27-23(31)29-10-7-24(8-11-29)22-4-3-9-30(22)19-6-5-15(26)12-17(19)28-24/h3-6,9,12-14,28H,7-8,10-11H2,1-2H3,(H,27,31). The zero-order valence-corrected chi connectivity index (χ0v) is 19.1. The molecule has 2 amide bonds. The number of anilines is 2. The minimum atomic E-state index is -0.373. The van der Waals surface area contributed by atoms with Crippen molar-refractivity contribution in [2.24, 2.45) is 0 Å². The van der Waals surface area contributed by atoms with Gasteiger partial charge >= 0.3 is 6.03 Å². The first kappa shape index (κ1) is 21.5. The Balaban J connectivity index is 1.34. The Kier molecular flexibility index (Phi) is 5.32. The number of hydrogen-bond donors (Lipinski definition) is 2. The zero-order chi connectivity index (χ0) is 23.2. The van der Waals surface area contributed by atoms with Crippen LogP contribution in [-0.2, 0) is 5.54 Å². The lowest BCUT2D eigenvalue weighted by Crippen LogP contribution is -2.51. The Labute approximate surface area is 196 Å². The number of likely N-dealkylation sites (tertiary alicyclic amines) is 1. The molecule has 0 atom stereocenters. The van der Waals surface area contributed by atoms with Gasteiger partial charge < -0.3 is 29.6 Å². The molecule has 0 unspecified atom stereocenters. The minimum Gasteiger partial charge on any atom is -0.495 e. The number of piperidine rings is 1. The van der Waals surface area contributed by atoms with Crippen molar-refractivity contribution in [1.82, 2.24) is 9.47 Å². The molecule has 9 heteroatoms. The summed E-state index contributed by atoms with van der Waals surface area (Å²) < 4.78 is 26.6. The highest BCUT2D eigenvalue weighted by Crippen LogP contribution is 2.44. The first-order valence-corrected chi connectivity index (χ1v) is 11.1. The summed E-state index contributed by atoms with van der Waals surface area (Å²) in [5.41, 5.74) is 2.90. The van der Waals surface area contributed by atoms with Crippen LogP contribution in [0.2, 0.25) is 5.02 Å². The van der Waals surface area contributed by atoms with Crippen molar-refractivity contribution in [2.75, 3.05) is 37.9 Å². The van der Waals surface area contributed by atoms with Crippen molar-refractivity contribution >= 4 is 29.0 Å². The molecule has 2 aliphatic heterocycles. The largest absolute Gasteiger partial charge is 0.495 e. The van der Waals surface area contributed by atoms with Crippen molar-refractivity contribution in [2.45, 2.75) is 18.4 Å². The van der Waals surface area contributed by atoms with E-state index in [2.05, 4.69) is 21.3 Å². The van der Waals surface area contributed by atoms with E-state index in [4.69, 9.17) is 21.1 Å². The monoisotopic (exact) mass is 470 g/mol. The molecule has 0 aliphatic carbocycles. The second-order valence-corrected chi connectivity index (χ2v) is 8.64. The number of fused-ring (bicyclic) bond motifs is 4. The van der Waals surface area contributed by atoms with E-state index in [0.29, 0.717) is 48.1 Å². The van der Waals surface area contributed by atoms with Gasteiger partial charge in [0, 0.05) is 31.0 Å². The van der Waals surface area contributed by atoms with Gasteiger partial charge in [0.1, 0.15) is 17.3 Å². The summed E-state index contributed by atoms with van der Waals surface area (Å²) in [5, 5.41) is 6.85. The molecule has 5 rings (SSSR count). The highest BCUT2D eigenvalue weighted by Gasteiger charge is 2.42. The van der Waals surface area contributed by atoms with E-state index in [1.165, 1.54) is 26.4 Å². The molecule has 1 saturated heterocycles. The number of urea groups is 1. The average Bonchev–Trinajstić information content (AvgIpc) is 3.31. The maximum Gasteiger partial charge on any atom is 0.321 e. The summed E-state index contributed by atoms with van der Waals surface area (Å²) in [5.74, 6) is 0.647. The van der Waals surface area contributed by atoms with E-state index in [9.17, 15) is 9.18 Å². The molecule has 2 N–H and O–H groups in total. The molecule has 7 nitrogen and oxygen atoms in total. The van der Waals surface area contributed by atoms with E-state index < -0.39 is 0 Å². The third kappa shape index (κ3) is 3.64. The molecule has 2 aromatic carbocycles. The Bertz CT molecular complexity index is 1220. The van der Waals surface area contributed by atoms with E-state index in [1.807, 2.05) is 12.3 Å². The van der Waals surface area contributed by atoms with E-state index >= 15 is 0 Å². The lowest BCUT2D eigenvalue weighted by Gasteiger charge is -2.46. The summed E-state index contributed by atoms with van der Waals surface area (Å²) in [6.07, 6.45) is 3.36. The number of ether oxygens (including phenoxy) is 2. The van der Waals surface area contributed by atoms with Crippen molar-refractivity contribution < 1.29 is 18.7 Å². The first-order chi connectivity index (χ1) is 15.9. The number of carbonyl (C=O) groups is 1. The van der Waals surface area contributed by atoms with Crippen LogP contribution in [0.4, 0.5) is 20.6 Å². The van der Waals surface area contributed by atoms with Gasteiger partial charge in [-0.1, -0.05) is 11.6 Å². The Morgan fingerprint density at radius 3 is 2.61 bits per heavy atom. The fourth-order valence-corrected chi connectivity index (χ4v) is 4.99. The van der Waals surface area contributed by atoms with Crippen LogP contribution in [0.3, 0.4) is 0 Å². The molecule has 0 saturated carbocycles. The number of hydrogen-bond acceptors (Lipinski definition) is 4. The molecular formula is C24H24ClFN4O3. The maximum absolute atomic E-state index is 13.9. The van der Waals surface area contributed by atoms with Crippen molar-refractivity contribution in [3.05, 3.63) is 65.2 Å². The highest BCUT2D eigenvalue weighted by molar-refractivity contribution is 6.32. The SMILES string of the molecule is COc1cc(OC)c(NC(=O)N2CCC3(CC2)Nc2cc(F)ccc2-n2cccc23)cc1Cl. The lowest BCUT2D eigenvalue weighted by atomic mass is 9.82. The number of aromatic nitrogens is 1. The van der Waals surface area contributed by atoms with Crippen LogP contribution in [0.5, 0.6) is 11.5 Å². The van der Waals surface area contributed by atoms with Crippen LogP contribution in [0.1, 0.15) is 18.5 Å². The second-order valence-electron chi connectivity index (χ2n) is 8.24. The van der Waals surface area contributed by atoms with Gasteiger partial charge in [0.05, 0.1) is 41.8 Å². The van der Waals surface area contributed by atoms with Gasteiger partial charge in [0.25, 0.3) is 0 Å². The van der Waals surface area contributed by atoms with Crippen LogP contribution in [-0.4, -0.2) is 42.8 Å². The summed E-state index contributed by atoms with van der Waals surface area (Å²) in [6.45, 7) is 1.06. The van der Waals surface area contributed by atoms with Gasteiger partial charge in [-0.3, -0.25) is 0 Å².